The first-order valence-electron chi connectivity index (χ1n) is 10.5. The van der Waals surface area contributed by atoms with Crippen molar-refractivity contribution in [2.75, 3.05) is 19.6 Å². The third kappa shape index (κ3) is 6.56. The van der Waals surface area contributed by atoms with E-state index >= 15 is 0 Å². The van der Waals surface area contributed by atoms with Gasteiger partial charge in [-0.2, -0.15) is 0 Å². The number of carbonyl (C=O) groups is 2. The molecule has 7 heteroatoms. The molecule has 0 radical (unpaired) electrons. The fourth-order valence-electron chi connectivity index (χ4n) is 3.89. The number of nitrogens with one attached hydrogen (secondary N) is 2. The number of carbonyl (C=O) groups excluding carboxylic acids is 2. The summed E-state index contributed by atoms with van der Waals surface area (Å²) in [5, 5.41) is 8.70. The molecule has 1 fully saturated rings. The Morgan fingerprint density at radius 3 is 2.50 bits per heavy atom. The van der Waals surface area contributed by atoms with Gasteiger partial charge in [-0.3, -0.25) is 14.5 Å². The Balaban J connectivity index is 1.63. The van der Waals surface area contributed by atoms with Crippen molar-refractivity contribution >= 4 is 34.8 Å². The molecule has 1 aromatic carbocycles. The van der Waals surface area contributed by atoms with Crippen molar-refractivity contribution in [3.63, 3.8) is 0 Å². The zero-order chi connectivity index (χ0) is 21.5. The second kappa shape index (κ2) is 10.9. The first kappa shape index (κ1) is 22.8. The molecular formula is C23H30ClN3O2S. The van der Waals surface area contributed by atoms with E-state index in [2.05, 4.69) is 40.0 Å². The normalized spacial score (nSPS) is 17.3. The van der Waals surface area contributed by atoms with E-state index in [4.69, 9.17) is 11.6 Å². The number of hydrogen-bond donors (Lipinski definition) is 2. The van der Waals surface area contributed by atoms with Crippen LogP contribution in [0.2, 0.25) is 5.02 Å². The van der Waals surface area contributed by atoms with Crippen molar-refractivity contribution in [2.45, 2.75) is 45.2 Å². The predicted octanol–water partition coefficient (Wildman–Crippen LogP) is 4.56. The molecule has 2 unspecified atom stereocenters. The summed E-state index contributed by atoms with van der Waals surface area (Å²) in [4.78, 5) is 28.2. The van der Waals surface area contributed by atoms with Crippen LogP contribution in [0.15, 0.2) is 41.8 Å². The molecule has 5 nitrogen and oxygen atoms in total. The van der Waals surface area contributed by atoms with Gasteiger partial charge >= 0.3 is 0 Å². The highest BCUT2D eigenvalue weighted by atomic mass is 35.5. The number of rotatable bonds is 8. The average Bonchev–Trinajstić information content (AvgIpc) is 3.24. The molecule has 0 spiro atoms. The molecule has 1 saturated heterocycles. The van der Waals surface area contributed by atoms with Crippen molar-refractivity contribution < 1.29 is 9.59 Å². The molecule has 0 aliphatic carbocycles. The second-order valence-corrected chi connectivity index (χ2v) is 9.48. The van der Waals surface area contributed by atoms with Crippen molar-refractivity contribution in [2.24, 2.45) is 5.92 Å². The van der Waals surface area contributed by atoms with Gasteiger partial charge in [0.05, 0.1) is 18.5 Å². The molecule has 0 bridgehead atoms. The zero-order valence-electron chi connectivity index (χ0n) is 17.6. The quantitative estimate of drug-likeness (QED) is 0.623. The third-order valence-corrected chi connectivity index (χ3v) is 6.89. The van der Waals surface area contributed by atoms with Crippen LogP contribution in [0.25, 0.3) is 0 Å². The van der Waals surface area contributed by atoms with Gasteiger partial charge in [0.2, 0.25) is 11.8 Å². The molecular weight excluding hydrogens is 418 g/mol. The van der Waals surface area contributed by atoms with Crippen LogP contribution in [0, 0.1) is 5.92 Å². The number of thiophene rings is 1. The number of benzene rings is 1. The van der Waals surface area contributed by atoms with E-state index < -0.39 is 0 Å². The van der Waals surface area contributed by atoms with Gasteiger partial charge in [-0.1, -0.05) is 36.7 Å². The first-order valence-corrected chi connectivity index (χ1v) is 11.7. The van der Waals surface area contributed by atoms with Gasteiger partial charge in [0.15, 0.2) is 0 Å². The van der Waals surface area contributed by atoms with Crippen molar-refractivity contribution in [1.29, 1.82) is 0 Å². The summed E-state index contributed by atoms with van der Waals surface area (Å²) >= 11 is 7.71. The summed E-state index contributed by atoms with van der Waals surface area (Å²) in [6, 6.07) is 11.3. The first-order chi connectivity index (χ1) is 14.4. The average molecular weight is 448 g/mol. The van der Waals surface area contributed by atoms with E-state index in [9.17, 15) is 9.59 Å². The summed E-state index contributed by atoms with van der Waals surface area (Å²) in [5.41, 5.74) is 0.865. The lowest BCUT2D eigenvalue weighted by Crippen LogP contribution is -2.42. The van der Waals surface area contributed by atoms with Gasteiger partial charge in [0, 0.05) is 23.4 Å². The van der Waals surface area contributed by atoms with Gasteiger partial charge in [0.25, 0.3) is 0 Å². The minimum Gasteiger partial charge on any atom is -0.354 e. The predicted molar refractivity (Wildman–Crippen MR) is 123 cm³/mol. The number of amides is 2. The summed E-state index contributed by atoms with van der Waals surface area (Å²) in [5.74, 6) is 0.523. The number of piperidine rings is 1. The Labute approximate surface area is 187 Å². The highest BCUT2D eigenvalue weighted by Gasteiger charge is 2.26. The number of halogens is 1. The topological polar surface area (TPSA) is 61.4 Å². The molecule has 2 amide bonds. The van der Waals surface area contributed by atoms with E-state index in [-0.39, 0.29) is 30.3 Å². The van der Waals surface area contributed by atoms with Crippen LogP contribution in [0.5, 0.6) is 0 Å². The summed E-state index contributed by atoms with van der Waals surface area (Å²) in [6.07, 6.45) is 2.57. The molecule has 162 valence electrons. The number of nitrogens with zero attached hydrogens (tertiary/aromatic N) is 1. The second-order valence-electron chi connectivity index (χ2n) is 8.06. The Morgan fingerprint density at radius 2 is 1.90 bits per heavy atom. The maximum absolute atomic E-state index is 12.8. The molecule has 1 aliphatic heterocycles. The number of likely N-dealkylation sites (tertiary alicyclic amines) is 1. The lowest BCUT2D eigenvalue weighted by molar-refractivity contribution is -0.123. The fraction of sp³-hybridized carbons (Fsp3) is 0.478. The van der Waals surface area contributed by atoms with Gasteiger partial charge in [-0.05, 0) is 61.0 Å². The van der Waals surface area contributed by atoms with Crippen LogP contribution < -0.4 is 10.6 Å². The summed E-state index contributed by atoms with van der Waals surface area (Å²) < 4.78 is 0. The minimum absolute atomic E-state index is 0.0735. The molecule has 1 aliphatic rings. The van der Waals surface area contributed by atoms with E-state index in [1.807, 2.05) is 12.1 Å². The zero-order valence-corrected chi connectivity index (χ0v) is 19.1. The molecule has 2 heterocycles. The third-order valence-electron chi connectivity index (χ3n) is 5.66. The number of hydrogen-bond acceptors (Lipinski definition) is 4. The standard InChI is InChI=1S/C23H30ClN3O2S/c1-16-9-11-27(12-10-16)21(22-4-3-13-30-22)15-25-23(29)14-20(26-17(2)28)18-5-7-19(24)8-6-18/h3-8,13,16,20-21H,9-12,14-15H2,1-2H3,(H,25,29)(H,26,28). The molecule has 3 rings (SSSR count). The Morgan fingerprint density at radius 1 is 1.20 bits per heavy atom. The van der Waals surface area contributed by atoms with E-state index in [0.717, 1.165) is 24.6 Å². The smallest absolute Gasteiger partial charge is 0.222 e. The molecule has 1 aromatic heterocycles. The molecule has 0 saturated carbocycles. The highest BCUT2D eigenvalue weighted by molar-refractivity contribution is 7.10. The SMILES string of the molecule is CC(=O)NC(CC(=O)NCC(c1cccs1)N1CCC(C)CC1)c1ccc(Cl)cc1. The van der Waals surface area contributed by atoms with Crippen LogP contribution in [0.4, 0.5) is 0 Å². The van der Waals surface area contributed by atoms with Crippen molar-refractivity contribution in [1.82, 2.24) is 15.5 Å². The lowest BCUT2D eigenvalue weighted by Gasteiger charge is -2.36. The van der Waals surface area contributed by atoms with E-state index in [1.54, 1.807) is 23.5 Å². The largest absolute Gasteiger partial charge is 0.354 e. The Bertz CT molecular complexity index is 817. The molecule has 2 aromatic rings. The van der Waals surface area contributed by atoms with E-state index in [1.165, 1.54) is 24.6 Å². The molecule has 2 atom stereocenters. The maximum atomic E-state index is 12.8. The van der Waals surface area contributed by atoms with Crippen LogP contribution >= 0.6 is 22.9 Å². The summed E-state index contributed by atoms with van der Waals surface area (Å²) in [6.45, 7) is 6.45. The van der Waals surface area contributed by atoms with E-state index in [0.29, 0.717) is 11.6 Å². The maximum Gasteiger partial charge on any atom is 0.222 e. The van der Waals surface area contributed by atoms with Gasteiger partial charge < -0.3 is 10.6 Å². The van der Waals surface area contributed by atoms with Crippen LogP contribution in [0.1, 0.15) is 55.6 Å². The Kier molecular flexibility index (Phi) is 8.31. The highest BCUT2D eigenvalue weighted by Crippen LogP contribution is 2.29. The monoisotopic (exact) mass is 447 g/mol. The van der Waals surface area contributed by atoms with Crippen LogP contribution in [-0.4, -0.2) is 36.3 Å². The fourth-order valence-corrected chi connectivity index (χ4v) is 4.88. The van der Waals surface area contributed by atoms with Gasteiger partial charge in [-0.15, -0.1) is 11.3 Å². The van der Waals surface area contributed by atoms with Crippen LogP contribution in [-0.2, 0) is 9.59 Å². The van der Waals surface area contributed by atoms with Crippen molar-refractivity contribution in [3.05, 3.63) is 57.2 Å². The van der Waals surface area contributed by atoms with Crippen molar-refractivity contribution in [3.8, 4) is 0 Å². The molecule has 2 N–H and O–H groups in total. The molecule has 30 heavy (non-hydrogen) atoms. The van der Waals surface area contributed by atoms with Crippen LogP contribution in [0.3, 0.4) is 0 Å². The van der Waals surface area contributed by atoms with Gasteiger partial charge in [-0.25, -0.2) is 0 Å². The lowest BCUT2D eigenvalue weighted by atomic mass is 9.97. The van der Waals surface area contributed by atoms with Gasteiger partial charge in [0.1, 0.15) is 0 Å². The minimum atomic E-state index is -0.379. The summed E-state index contributed by atoms with van der Waals surface area (Å²) in [7, 11) is 0. The Hall–Kier alpha value is -1.89.